The number of nitrogens with zero attached hydrogens (tertiary/aromatic N) is 2. The van der Waals surface area contributed by atoms with Gasteiger partial charge in [0.1, 0.15) is 66.1 Å². The van der Waals surface area contributed by atoms with Crippen LogP contribution in [0.5, 0.6) is 5.75 Å². The summed E-state index contributed by atoms with van der Waals surface area (Å²) in [5.41, 5.74) is 0.670. The van der Waals surface area contributed by atoms with Crippen molar-refractivity contribution >= 4 is 53.2 Å². The number of esters is 1. The Hall–Kier alpha value is -6.87. The number of amides is 8. The smallest absolute Gasteiger partial charge is 0.329 e. The summed E-state index contributed by atoms with van der Waals surface area (Å²) in [5, 5.41) is 47.1. The molecular formula is C48H66N8O13. The van der Waals surface area contributed by atoms with Crippen molar-refractivity contribution in [3.05, 3.63) is 77.5 Å². The number of phenols is 1. The molecule has 2 saturated heterocycles. The molecule has 10 atom stereocenters. The minimum atomic E-state index is -1.86. The van der Waals surface area contributed by atoms with Crippen molar-refractivity contribution in [2.75, 3.05) is 7.05 Å². The van der Waals surface area contributed by atoms with Crippen molar-refractivity contribution in [1.82, 2.24) is 41.7 Å². The van der Waals surface area contributed by atoms with Gasteiger partial charge in [-0.25, -0.2) is 4.79 Å². The van der Waals surface area contributed by atoms with Crippen LogP contribution in [0.3, 0.4) is 0 Å². The Labute approximate surface area is 401 Å². The standard InChI is InChI=1S/C48H66N8O13/c1-9-14-36(59)49-26(5)41(61)53-39(27(6)57)44(64)54-40-28(7)69-48(68)38(25(3)4)52-43(63)34(23-30-17-19-31(58)20-18-30)55(8)47(67)35(24-29-15-12-11-13-16-29)56-37(60)22-21-33(46(56)66)51-42(62)32(10-2)50-45(40)65/h10-13,15-20,25-28,33-35,37-40,57-58,60H,9,14,21-24H2,1-8H3,(H,49,59)(H,50,65)(H,51,62)(H,52,63)(H,53,61)(H,54,64)/b32-10+. The van der Waals surface area contributed by atoms with Crippen LogP contribution in [0.4, 0.5) is 0 Å². The number of aliphatic hydroxyl groups excluding tert-OH is 2. The summed E-state index contributed by atoms with van der Waals surface area (Å²) in [5.74, 6) is -8.80. The Morgan fingerprint density at radius 3 is 2.06 bits per heavy atom. The minimum Gasteiger partial charge on any atom is -0.508 e. The molecule has 0 aliphatic carbocycles. The van der Waals surface area contributed by atoms with Crippen molar-refractivity contribution < 1.29 is 63.2 Å². The number of allylic oxidation sites excluding steroid dienone is 1. The van der Waals surface area contributed by atoms with Gasteiger partial charge in [-0.3, -0.25) is 38.4 Å². The van der Waals surface area contributed by atoms with Gasteiger partial charge in [-0.05, 0) is 76.1 Å². The van der Waals surface area contributed by atoms with Gasteiger partial charge in [0.05, 0.1) is 6.10 Å². The van der Waals surface area contributed by atoms with Gasteiger partial charge in [0.15, 0.2) is 0 Å². The largest absolute Gasteiger partial charge is 0.508 e. The second-order valence-electron chi connectivity index (χ2n) is 17.7. The number of likely N-dealkylation sites (N-methyl/N-ethyl adjacent to an activating group) is 1. The quantitative estimate of drug-likeness (QED) is 0.0910. The molecule has 0 saturated carbocycles. The van der Waals surface area contributed by atoms with Crippen molar-refractivity contribution in [3.63, 3.8) is 0 Å². The van der Waals surface area contributed by atoms with Gasteiger partial charge >= 0.3 is 5.97 Å². The van der Waals surface area contributed by atoms with Crippen LogP contribution in [0.15, 0.2) is 66.4 Å². The second-order valence-corrected chi connectivity index (χ2v) is 17.7. The van der Waals surface area contributed by atoms with Gasteiger partial charge in [0.2, 0.25) is 35.4 Å². The van der Waals surface area contributed by atoms with Crippen LogP contribution in [-0.4, -0.2) is 146 Å². The number of benzene rings is 2. The molecule has 2 fully saturated rings. The molecule has 21 heteroatoms. The number of nitrogens with one attached hydrogen (secondary N) is 6. The van der Waals surface area contributed by atoms with Crippen LogP contribution in [-0.2, 0) is 60.7 Å². The SMILES string of the molecule is C/C=C1/NC(=O)C(NC(=O)C(NC(=O)C(C)NC(=O)CCC)C(C)O)C(C)OC(=O)C(C(C)C)NC(=O)C(Cc2ccc(O)cc2)N(C)C(=O)C(Cc2ccccc2)N2C(=O)C(CCC2O)NC1=O. The third kappa shape index (κ3) is 14.6. The number of aliphatic hydroxyl groups is 2. The number of rotatable bonds is 13. The molecule has 9 N–H and O–H groups in total. The highest BCUT2D eigenvalue weighted by molar-refractivity contribution is 6.03. The number of piperidine rings is 1. The van der Waals surface area contributed by atoms with E-state index in [0.29, 0.717) is 17.5 Å². The molecule has 2 aromatic carbocycles. The maximum atomic E-state index is 14.9. The number of ether oxygens (including phenoxy) is 1. The van der Waals surface area contributed by atoms with Gasteiger partial charge in [-0.15, -0.1) is 0 Å². The molecule has 69 heavy (non-hydrogen) atoms. The van der Waals surface area contributed by atoms with E-state index < -0.39 is 126 Å². The molecule has 21 nitrogen and oxygen atoms in total. The molecule has 4 rings (SSSR count). The van der Waals surface area contributed by atoms with Gasteiger partial charge in [0, 0.05) is 26.3 Å². The van der Waals surface area contributed by atoms with Crippen molar-refractivity contribution in [1.29, 1.82) is 0 Å². The van der Waals surface area contributed by atoms with Gasteiger partial charge in [-0.2, -0.15) is 0 Å². The molecule has 0 spiro atoms. The highest BCUT2D eigenvalue weighted by Crippen LogP contribution is 2.25. The predicted octanol–water partition coefficient (Wildman–Crippen LogP) is -0.440. The van der Waals surface area contributed by atoms with Crippen LogP contribution >= 0.6 is 0 Å². The molecule has 10 unspecified atom stereocenters. The molecule has 2 bridgehead atoms. The fourth-order valence-corrected chi connectivity index (χ4v) is 7.90. The van der Waals surface area contributed by atoms with E-state index in [1.807, 2.05) is 0 Å². The molecule has 2 aliphatic rings. The fraction of sp³-hybridized carbons (Fsp3) is 0.521. The van der Waals surface area contributed by atoms with Gasteiger partial charge < -0.3 is 61.8 Å². The summed E-state index contributed by atoms with van der Waals surface area (Å²) in [6, 6.07) is 4.14. The summed E-state index contributed by atoms with van der Waals surface area (Å²) in [6.07, 6.45) is -3.32. The van der Waals surface area contributed by atoms with E-state index in [9.17, 15) is 58.5 Å². The topological polar surface area (TPSA) is 302 Å². The van der Waals surface area contributed by atoms with E-state index >= 15 is 0 Å². The highest BCUT2D eigenvalue weighted by atomic mass is 16.5. The zero-order valence-corrected chi connectivity index (χ0v) is 40.2. The summed E-state index contributed by atoms with van der Waals surface area (Å²) in [7, 11) is 1.34. The maximum Gasteiger partial charge on any atom is 0.329 e. The maximum absolute atomic E-state index is 14.9. The first-order valence-corrected chi connectivity index (χ1v) is 23.0. The van der Waals surface area contributed by atoms with E-state index in [1.165, 1.54) is 65.1 Å². The van der Waals surface area contributed by atoms with Crippen molar-refractivity contribution in [3.8, 4) is 5.75 Å². The Bertz CT molecular complexity index is 2220. The number of hydrogen-bond acceptors (Lipinski definition) is 13. The molecule has 8 amide bonds. The number of fused-ring (bicyclic) bond motifs is 2. The summed E-state index contributed by atoms with van der Waals surface area (Å²) < 4.78 is 5.79. The third-order valence-corrected chi connectivity index (χ3v) is 11.9. The Balaban J connectivity index is 1.82. The number of phenolic OH excluding ortho intramolecular Hbond substituents is 1. The zero-order chi connectivity index (χ0) is 51.3. The van der Waals surface area contributed by atoms with Crippen LogP contribution in [0.2, 0.25) is 0 Å². The van der Waals surface area contributed by atoms with Gasteiger partial charge in [-0.1, -0.05) is 69.3 Å². The van der Waals surface area contributed by atoms with Crippen molar-refractivity contribution in [2.45, 2.75) is 148 Å². The number of carbonyl (C=O) groups excluding carboxylic acids is 9. The molecular weight excluding hydrogens is 897 g/mol. The first-order chi connectivity index (χ1) is 32.6. The average molecular weight is 963 g/mol. The summed E-state index contributed by atoms with van der Waals surface area (Å²) in [4.78, 5) is 128. The number of cyclic esters (lactones) is 1. The lowest BCUT2D eigenvalue weighted by Gasteiger charge is -2.43. The zero-order valence-electron chi connectivity index (χ0n) is 40.2. The average Bonchev–Trinajstić information content (AvgIpc) is 3.30. The second kappa shape index (κ2) is 24.9. The molecule has 2 aliphatic heterocycles. The first kappa shape index (κ1) is 54.7. The lowest BCUT2D eigenvalue weighted by atomic mass is 9.95. The van der Waals surface area contributed by atoms with Crippen LogP contribution in [0.25, 0.3) is 0 Å². The summed E-state index contributed by atoms with van der Waals surface area (Å²) >= 11 is 0. The Kier molecular flexibility index (Phi) is 19.8. The number of aromatic hydroxyl groups is 1. The normalized spacial score (nSPS) is 25.1. The molecule has 0 aromatic heterocycles. The predicted molar refractivity (Wildman–Crippen MR) is 249 cm³/mol. The van der Waals surface area contributed by atoms with Crippen LogP contribution in [0.1, 0.15) is 85.3 Å². The lowest BCUT2D eigenvalue weighted by Crippen LogP contribution is -2.64. The molecule has 376 valence electrons. The Morgan fingerprint density at radius 2 is 1.46 bits per heavy atom. The summed E-state index contributed by atoms with van der Waals surface area (Å²) in [6.45, 7) is 10.2. The number of hydrogen-bond donors (Lipinski definition) is 9. The van der Waals surface area contributed by atoms with E-state index in [4.69, 9.17) is 4.74 Å². The van der Waals surface area contributed by atoms with E-state index in [1.54, 1.807) is 51.1 Å². The fourth-order valence-electron chi connectivity index (χ4n) is 7.90. The number of carbonyl (C=O) groups is 9. The monoisotopic (exact) mass is 962 g/mol. The third-order valence-electron chi connectivity index (χ3n) is 11.9. The van der Waals surface area contributed by atoms with Gasteiger partial charge in [0.25, 0.3) is 11.8 Å². The molecule has 2 heterocycles. The van der Waals surface area contributed by atoms with Crippen LogP contribution in [0, 0.1) is 5.92 Å². The van der Waals surface area contributed by atoms with Crippen molar-refractivity contribution in [2.24, 2.45) is 5.92 Å². The highest BCUT2D eigenvalue weighted by Gasteiger charge is 2.45. The van der Waals surface area contributed by atoms with E-state index in [0.717, 1.165) is 9.80 Å². The molecule has 0 radical (unpaired) electrons. The Morgan fingerprint density at radius 1 is 0.841 bits per heavy atom. The first-order valence-electron chi connectivity index (χ1n) is 23.0. The lowest BCUT2D eigenvalue weighted by molar-refractivity contribution is -0.165. The molecule has 2 aromatic rings. The van der Waals surface area contributed by atoms with E-state index in [-0.39, 0.29) is 37.9 Å². The van der Waals surface area contributed by atoms with Crippen LogP contribution < -0.4 is 31.9 Å². The minimum absolute atomic E-state index is 0.0645. The van der Waals surface area contributed by atoms with E-state index in [2.05, 4.69) is 31.9 Å².